The Balaban J connectivity index is 3.04. The van der Waals surface area contributed by atoms with E-state index < -0.39 is 0 Å². The van der Waals surface area contributed by atoms with E-state index in [4.69, 9.17) is 57.2 Å². The fourth-order valence-corrected chi connectivity index (χ4v) is 2.68. The van der Waals surface area contributed by atoms with Crippen molar-refractivity contribution in [3.63, 3.8) is 0 Å². The highest BCUT2D eigenvalue weighted by Crippen LogP contribution is 1.87. The van der Waals surface area contributed by atoms with Crippen LogP contribution in [0.4, 0.5) is 0 Å². The Morgan fingerprint density at radius 2 is 0.700 bits per heavy atom. The summed E-state index contributed by atoms with van der Waals surface area (Å²) in [4.78, 5) is 11.1. The van der Waals surface area contributed by atoms with Gasteiger partial charge in [0, 0.05) is 20.1 Å². The molecule has 0 fully saturated rings. The largest absolute Gasteiger partial charge is 0.396 e. The standard InChI is InChI=1S/C26H53NO13/c1-30-6-7-32-10-11-34-14-15-36-18-19-38-22-23-40-25-24-39-21-20-37-17-16-35-13-12-33-9-8-31-5-3-27-26(29)2-4-28/h28H,2-25H2,1H3,(H,27,29). The lowest BCUT2D eigenvalue weighted by Crippen LogP contribution is -2.28. The molecule has 0 atom stereocenters. The fourth-order valence-electron chi connectivity index (χ4n) is 2.68. The molecule has 0 aliphatic heterocycles. The lowest BCUT2D eigenvalue weighted by Gasteiger charge is -2.09. The third-order valence-electron chi connectivity index (χ3n) is 4.69. The van der Waals surface area contributed by atoms with Gasteiger partial charge in [-0.25, -0.2) is 0 Å². The first-order valence-corrected chi connectivity index (χ1v) is 13.9. The van der Waals surface area contributed by atoms with Crippen molar-refractivity contribution in [1.29, 1.82) is 0 Å². The third kappa shape index (κ3) is 35.0. The molecule has 2 N–H and O–H groups in total. The minimum absolute atomic E-state index is 0.110. The Bertz CT molecular complexity index is 492. The molecule has 0 aliphatic carbocycles. The molecule has 14 nitrogen and oxygen atoms in total. The van der Waals surface area contributed by atoms with Gasteiger partial charge in [-0.3, -0.25) is 4.79 Å². The van der Waals surface area contributed by atoms with E-state index in [-0.39, 0.29) is 18.9 Å². The van der Waals surface area contributed by atoms with Gasteiger partial charge in [-0.05, 0) is 0 Å². The van der Waals surface area contributed by atoms with Crippen molar-refractivity contribution in [3.05, 3.63) is 0 Å². The Kier molecular flexibility index (Phi) is 35.1. The molecule has 0 heterocycles. The van der Waals surface area contributed by atoms with Gasteiger partial charge in [-0.2, -0.15) is 0 Å². The van der Waals surface area contributed by atoms with Crippen LogP contribution in [0.15, 0.2) is 0 Å². The van der Waals surface area contributed by atoms with Crippen LogP contribution >= 0.6 is 0 Å². The zero-order valence-electron chi connectivity index (χ0n) is 24.3. The SMILES string of the molecule is COCCOCCOCCOCCOCCOCCOCCOCCOCCOCCOCCNC(=O)CCO. The average molecular weight is 588 g/mol. The monoisotopic (exact) mass is 587 g/mol. The van der Waals surface area contributed by atoms with E-state index in [2.05, 4.69) is 5.32 Å². The van der Waals surface area contributed by atoms with Crippen molar-refractivity contribution in [2.45, 2.75) is 6.42 Å². The van der Waals surface area contributed by atoms with Crippen LogP contribution in [0, 0.1) is 0 Å². The predicted molar refractivity (Wildman–Crippen MR) is 145 cm³/mol. The minimum Gasteiger partial charge on any atom is -0.396 e. The molecule has 0 aliphatic rings. The average Bonchev–Trinajstić information content (AvgIpc) is 2.95. The van der Waals surface area contributed by atoms with Crippen molar-refractivity contribution >= 4 is 5.91 Å². The number of carbonyl (C=O) groups excluding carboxylic acids is 1. The van der Waals surface area contributed by atoms with Gasteiger partial charge in [0.2, 0.25) is 5.91 Å². The molecule has 0 aromatic heterocycles. The van der Waals surface area contributed by atoms with Crippen molar-refractivity contribution in [2.75, 3.05) is 159 Å². The number of ether oxygens (including phenoxy) is 11. The lowest BCUT2D eigenvalue weighted by molar-refractivity contribution is -0.122. The second-order valence-electron chi connectivity index (χ2n) is 7.94. The lowest BCUT2D eigenvalue weighted by atomic mass is 10.4. The van der Waals surface area contributed by atoms with Crippen LogP contribution in [-0.4, -0.2) is 170 Å². The van der Waals surface area contributed by atoms with E-state index in [9.17, 15) is 4.79 Å². The molecule has 40 heavy (non-hydrogen) atoms. The number of aliphatic hydroxyl groups is 1. The van der Waals surface area contributed by atoms with Gasteiger partial charge in [-0.1, -0.05) is 0 Å². The van der Waals surface area contributed by atoms with Crippen molar-refractivity contribution < 1.29 is 62.0 Å². The molecule has 0 radical (unpaired) electrons. The van der Waals surface area contributed by atoms with E-state index in [1.54, 1.807) is 7.11 Å². The topological polar surface area (TPSA) is 151 Å². The maximum absolute atomic E-state index is 11.1. The zero-order valence-corrected chi connectivity index (χ0v) is 24.3. The van der Waals surface area contributed by atoms with Crippen LogP contribution in [0.2, 0.25) is 0 Å². The normalized spacial score (nSPS) is 11.3. The Morgan fingerprint density at radius 3 is 0.950 bits per heavy atom. The van der Waals surface area contributed by atoms with Crippen LogP contribution in [0.25, 0.3) is 0 Å². The summed E-state index contributed by atoms with van der Waals surface area (Å²) in [6.45, 7) is 10.9. The second-order valence-corrected chi connectivity index (χ2v) is 7.94. The molecular formula is C26H53NO13. The minimum atomic E-state index is -0.187. The zero-order chi connectivity index (χ0) is 29.0. The smallest absolute Gasteiger partial charge is 0.222 e. The maximum Gasteiger partial charge on any atom is 0.222 e. The van der Waals surface area contributed by atoms with Gasteiger partial charge in [0.25, 0.3) is 0 Å². The summed E-state index contributed by atoms with van der Waals surface area (Å²) in [7, 11) is 1.64. The maximum atomic E-state index is 11.1. The molecule has 14 heteroatoms. The first-order chi connectivity index (χ1) is 19.8. The van der Waals surface area contributed by atoms with Gasteiger partial charge >= 0.3 is 0 Å². The van der Waals surface area contributed by atoms with Crippen LogP contribution in [0.3, 0.4) is 0 Å². The summed E-state index contributed by atoms with van der Waals surface area (Å²) >= 11 is 0. The number of hydrogen-bond donors (Lipinski definition) is 2. The van der Waals surface area contributed by atoms with Crippen molar-refractivity contribution in [2.24, 2.45) is 0 Å². The first-order valence-electron chi connectivity index (χ1n) is 13.9. The Morgan fingerprint density at radius 1 is 0.450 bits per heavy atom. The van der Waals surface area contributed by atoms with Gasteiger partial charge < -0.3 is 62.5 Å². The predicted octanol–water partition coefficient (Wildman–Crippen LogP) is -0.703. The number of rotatable bonds is 35. The number of nitrogens with one attached hydrogen (secondary N) is 1. The van der Waals surface area contributed by atoms with E-state index in [0.717, 1.165) is 0 Å². The van der Waals surface area contributed by atoms with Gasteiger partial charge in [-0.15, -0.1) is 0 Å². The molecule has 240 valence electrons. The Labute approximate surface area is 239 Å². The Hall–Kier alpha value is -1.01. The quantitative estimate of drug-likeness (QED) is 0.0900. The molecular weight excluding hydrogens is 534 g/mol. The number of amides is 1. The highest BCUT2D eigenvalue weighted by molar-refractivity contribution is 5.75. The van der Waals surface area contributed by atoms with Crippen molar-refractivity contribution in [3.8, 4) is 0 Å². The molecule has 0 aromatic rings. The van der Waals surface area contributed by atoms with E-state index in [1.165, 1.54) is 0 Å². The number of methoxy groups -OCH3 is 1. The van der Waals surface area contributed by atoms with E-state index >= 15 is 0 Å². The van der Waals surface area contributed by atoms with Crippen molar-refractivity contribution in [1.82, 2.24) is 5.32 Å². The highest BCUT2D eigenvalue weighted by Gasteiger charge is 1.99. The number of hydrogen-bond acceptors (Lipinski definition) is 13. The molecule has 0 spiro atoms. The molecule has 0 unspecified atom stereocenters. The molecule has 0 rings (SSSR count). The van der Waals surface area contributed by atoms with Gasteiger partial charge in [0.1, 0.15) is 0 Å². The molecule has 0 aromatic carbocycles. The van der Waals surface area contributed by atoms with Gasteiger partial charge in [0.15, 0.2) is 0 Å². The third-order valence-corrected chi connectivity index (χ3v) is 4.69. The fraction of sp³-hybridized carbons (Fsp3) is 0.962. The summed E-state index contributed by atoms with van der Waals surface area (Å²) in [6, 6.07) is 0. The molecule has 0 saturated heterocycles. The number of carbonyl (C=O) groups is 1. The van der Waals surface area contributed by atoms with Crippen LogP contribution in [0.5, 0.6) is 0 Å². The molecule has 0 saturated carbocycles. The van der Waals surface area contributed by atoms with Gasteiger partial charge in [0.05, 0.1) is 145 Å². The summed E-state index contributed by atoms with van der Waals surface area (Å²) in [5, 5.41) is 11.2. The summed E-state index contributed by atoms with van der Waals surface area (Å²) < 4.78 is 58.9. The van der Waals surface area contributed by atoms with E-state index in [1.807, 2.05) is 0 Å². The molecule has 1 amide bonds. The van der Waals surface area contributed by atoms with Crippen LogP contribution < -0.4 is 5.32 Å². The van der Waals surface area contributed by atoms with Crippen LogP contribution in [-0.2, 0) is 56.9 Å². The highest BCUT2D eigenvalue weighted by atomic mass is 16.6. The van der Waals surface area contributed by atoms with E-state index in [0.29, 0.717) is 145 Å². The second kappa shape index (κ2) is 36.0. The summed E-state index contributed by atoms with van der Waals surface area (Å²) in [5.74, 6) is -0.187. The summed E-state index contributed by atoms with van der Waals surface area (Å²) in [6.07, 6.45) is 0.110. The van der Waals surface area contributed by atoms with Crippen LogP contribution in [0.1, 0.15) is 6.42 Å². The summed E-state index contributed by atoms with van der Waals surface area (Å²) in [5.41, 5.74) is 0. The molecule has 0 bridgehead atoms. The first kappa shape index (κ1) is 39.0. The number of aliphatic hydroxyl groups excluding tert-OH is 1.